The molecule has 4 aliphatic rings. The second-order valence-corrected chi connectivity index (χ2v) is 18.4. The van der Waals surface area contributed by atoms with Crippen molar-refractivity contribution >= 4 is 23.4 Å². The summed E-state index contributed by atoms with van der Waals surface area (Å²) in [5.74, 6) is 1.58. The van der Waals surface area contributed by atoms with Gasteiger partial charge in [-0.1, -0.05) is 104 Å². The van der Waals surface area contributed by atoms with Crippen LogP contribution in [-0.2, 0) is 21.0 Å². The molecule has 2 fully saturated rings. The van der Waals surface area contributed by atoms with Crippen molar-refractivity contribution < 1.29 is 34.1 Å². The summed E-state index contributed by atoms with van der Waals surface area (Å²) < 4.78 is 20.9. The van der Waals surface area contributed by atoms with Gasteiger partial charge in [-0.2, -0.15) is 0 Å². The fraction of sp³-hybridized carbons (Fsp3) is 0.529. The van der Waals surface area contributed by atoms with Gasteiger partial charge in [0, 0.05) is 55.2 Å². The number of allylic oxidation sites excluding steroid dienone is 1. The molecule has 3 aliphatic carbocycles. The quantitative estimate of drug-likeness (QED) is 0.0420. The normalized spacial score (nSPS) is 24.9. The number of benzene rings is 3. The second kappa shape index (κ2) is 22.3. The summed E-state index contributed by atoms with van der Waals surface area (Å²) in [5, 5.41) is 24.8. The number of hydrogen-bond donors (Lipinski definition) is 2. The maximum atomic E-state index is 14.4. The number of aliphatic hydroxyl groups excluding tert-OH is 2. The first-order chi connectivity index (χ1) is 30.0. The number of ether oxygens (including phenoxy) is 3. The Balaban J connectivity index is 1.32. The van der Waals surface area contributed by atoms with Gasteiger partial charge in [-0.3, -0.25) is 4.79 Å². The zero-order valence-electron chi connectivity index (χ0n) is 36.0. The lowest BCUT2D eigenvalue weighted by atomic mass is 9.55. The van der Waals surface area contributed by atoms with E-state index in [1.807, 2.05) is 60.5 Å². The number of fused-ring (bicyclic) bond motifs is 2. The van der Waals surface area contributed by atoms with Crippen molar-refractivity contribution in [3.05, 3.63) is 114 Å². The van der Waals surface area contributed by atoms with Crippen molar-refractivity contribution in [3.63, 3.8) is 0 Å². The fourth-order valence-corrected chi connectivity index (χ4v) is 11.1. The topological polar surface area (TPSA) is 110 Å². The van der Waals surface area contributed by atoms with Crippen LogP contribution >= 0.6 is 11.8 Å². The minimum Gasteiger partial charge on any atom is -0.493 e. The minimum absolute atomic E-state index is 0.0794. The van der Waals surface area contributed by atoms with E-state index in [-0.39, 0.29) is 49.4 Å². The van der Waals surface area contributed by atoms with Crippen LogP contribution in [0.15, 0.2) is 113 Å². The SMILES string of the molecule is C=CCOC12Oc3ccc(OCCSc4ccccc4)cc3C3C(CCCCO)C(CCCCO)C=C(C(=NOCc4ccccc4)CC1N(C)C(=O)CCC1CCCC1)C32. The molecule has 0 saturated heterocycles. The van der Waals surface area contributed by atoms with Gasteiger partial charge in [-0.25, -0.2) is 0 Å². The molecule has 7 rings (SSSR count). The summed E-state index contributed by atoms with van der Waals surface area (Å²) in [4.78, 5) is 23.8. The highest BCUT2D eigenvalue weighted by molar-refractivity contribution is 7.99. The van der Waals surface area contributed by atoms with Gasteiger partial charge in [0.05, 0.1) is 24.8 Å². The highest BCUT2D eigenvalue weighted by Gasteiger charge is 2.65. The van der Waals surface area contributed by atoms with Crippen molar-refractivity contribution in [2.45, 2.75) is 113 Å². The van der Waals surface area contributed by atoms with Gasteiger partial charge >= 0.3 is 0 Å². The van der Waals surface area contributed by atoms with Crippen molar-refractivity contribution in [1.82, 2.24) is 4.90 Å². The lowest BCUT2D eigenvalue weighted by Crippen LogP contribution is -2.69. The number of rotatable bonds is 23. The Hall–Kier alpha value is -4.09. The number of oxime groups is 1. The van der Waals surface area contributed by atoms with Crippen LogP contribution in [0.25, 0.3) is 0 Å². The molecule has 1 amide bonds. The molecule has 2 saturated carbocycles. The Morgan fingerprint density at radius 1 is 0.967 bits per heavy atom. The Morgan fingerprint density at radius 3 is 2.44 bits per heavy atom. The van der Waals surface area contributed by atoms with E-state index in [0.29, 0.717) is 38.4 Å². The molecule has 3 aromatic carbocycles. The van der Waals surface area contributed by atoms with E-state index in [2.05, 4.69) is 43.0 Å². The van der Waals surface area contributed by atoms with Crippen LogP contribution in [0.1, 0.15) is 101 Å². The van der Waals surface area contributed by atoms with Gasteiger partial charge < -0.3 is 34.2 Å². The molecule has 328 valence electrons. The van der Waals surface area contributed by atoms with Crippen molar-refractivity contribution in [1.29, 1.82) is 0 Å². The lowest BCUT2D eigenvalue weighted by Gasteiger charge is -2.59. The summed E-state index contributed by atoms with van der Waals surface area (Å²) in [6.45, 7) is 5.43. The Morgan fingerprint density at radius 2 is 1.70 bits per heavy atom. The molecule has 0 radical (unpaired) electrons. The highest BCUT2D eigenvalue weighted by Crippen LogP contribution is 2.62. The monoisotopic (exact) mass is 850 g/mol. The number of hydrogen-bond acceptors (Lipinski definition) is 9. The van der Waals surface area contributed by atoms with E-state index in [0.717, 1.165) is 78.2 Å². The Kier molecular flexibility index (Phi) is 16.4. The van der Waals surface area contributed by atoms with Gasteiger partial charge in [-0.15, -0.1) is 18.3 Å². The number of aliphatic hydroxyl groups is 2. The first-order valence-electron chi connectivity index (χ1n) is 22.8. The average molecular weight is 851 g/mol. The van der Waals surface area contributed by atoms with E-state index in [1.165, 1.54) is 30.6 Å². The van der Waals surface area contributed by atoms with Gasteiger partial charge in [0.15, 0.2) is 0 Å². The fourth-order valence-electron chi connectivity index (χ4n) is 10.4. The van der Waals surface area contributed by atoms with E-state index in [4.69, 9.17) is 24.2 Å². The number of thioether (sulfide) groups is 1. The summed E-state index contributed by atoms with van der Waals surface area (Å²) in [6, 6.07) is 26.1. The predicted octanol–water partition coefficient (Wildman–Crippen LogP) is 10.1. The smallest absolute Gasteiger partial charge is 0.239 e. The van der Waals surface area contributed by atoms with E-state index >= 15 is 0 Å². The molecule has 3 aromatic rings. The van der Waals surface area contributed by atoms with Crippen LogP contribution in [0, 0.1) is 23.7 Å². The van der Waals surface area contributed by atoms with Crippen LogP contribution in [0.3, 0.4) is 0 Å². The molecule has 0 aromatic heterocycles. The number of nitrogens with zero attached hydrogens (tertiary/aromatic N) is 2. The van der Waals surface area contributed by atoms with Crippen LogP contribution in [-0.4, -0.2) is 77.8 Å². The van der Waals surface area contributed by atoms with E-state index in [9.17, 15) is 15.0 Å². The molecule has 1 heterocycles. The first-order valence-corrected chi connectivity index (χ1v) is 23.7. The summed E-state index contributed by atoms with van der Waals surface area (Å²) in [7, 11) is 1.91. The van der Waals surface area contributed by atoms with Crippen LogP contribution in [0.2, 0.25) is 0 Å². The van der Waals surface area contributed by atoms with E-state index in [1.54, 1.807) is 17.8 Å². The third-order valence-electron chi connectivity index (χ3n) is 13.4. The summed E-state index contributed by atoms with van der Waals surface area (Å²) in [5.41, 5.74) is 3.92. The Labute approximate surface area is 367 Å². The van der Waals surface area contributed by atoms with Gasteiger partial charge in [0.2, 0.25) is 11.7 Å². The van der Waals surface area contributed by atoms with Crippen LogP contribution in [0.5, 0.6) is 11.5 Å². The van der Waals surface area contributed by atoms with Gasteiger partial charge in [0.25, 0.3) is 0 Å². The molecule has 61 heavy (non-hydrogen) atoms. The highest BCUT2D eigenvalue weighted by atomic mass is 32.2. The standard InChI is InChI=1S/C51H66N2O7S/c1-3-30-58-51-47(53(2)48(56)27-24-37-16-10-11-17-37)35-45(52-59-36-38-18-6-4-7-19-38)43-33-39(20-12-14-28-54)42(23-13-15-29-55)49(50(43)51)44-34-40(25-26-46(44)60-51)57-31-32-61-41-21-8-5-9-22-41/h3-9,18-19,21-22,25-26,33-34,37,39,42,47,49-50,54-55H,1,10-17,20,23-24,27-32,35-36H2,2H3. The van der Waals surface area contributed by atoms with Crippen molar-refractivity contribution in [3.8, 4) is 11.5 Å². The largest absolute Gasteiger partial charge is 0.493 e. The molecule has 6 atom stereocenters. The number of likely N-dealkylation sites (N-methyl/N-ethyl adjacent to an activating group) is 1. The molecule has 6 unspecified atom stereocenters. The second-order valence-electron chi connectivity index (χ2n) is 17.2. The predicted molar refractivity (Wildman–Crippen MR) is 243 cm³/mol. The van der Waals surface area contributed by atoms with Gasteiger partial charge in [-0.05, 0) is 91.3 Å². The molecule has 2 N–H and O–H groups in total. The number of carbonyl (C=O) groups excluding carboxylic acids is 1. The molecule has 1 aliphatic heterocycles. The zero-order valence-corrected chi connectivity index (χ0v) is 36.8. The summed E-state index contributed by atoms with van der Waals surface area (Å²) >= 11 is 1.77. The van der Waals surface area contributed by atoms with Crippen LogP contribution in [0.4, 0.5) is 0 Å². The molecule has 9 nitrogen and oxygen atoms in total. The van der Waals surface area contributed by atoms with Crippen LogP contribution < -0.4 is 9.47 Å². The third-order valence-corrected chi connectivity index (χ3v) is 14.3. The van der Waals surface area contributed by atoms with E-state index < -0.39 is 11.8 Å². The summed E-state index contributed by atoms with van der Waals surface area (Å²) in [6.07, 6.45) is 15.7. The maximum absolute atomic E-state index is 14.4. The van der Waals surface area contributed by atoms with Crippen molar-refractivity contribution in [2.75, 3.05) is 39.2 Å². The van der Waals surface area contributed by atoms with Crippen molar-refractivity contribution in [2.24, 2.45) is 28.8 Å². The molecule has 0 spiro atoms. The average Bonchev–Trinajstić information content (AvgIpc) is 3.82. The molecule has 10 heteroatoms. The molecular formula is C51H66N2O7S. The molecular weight excluding hydrogens is 785 g/mol. The Bertz CT molecular complexity index is 1920. The first kappa shape index (κ1) is 44.9. The number of amides is 1. The maximum Gasteiger partial charge on any atom is 0.239 e. The molecule has 0 bridgehead atoms. The minimum atomic E-state index is -1.26. The third kappa shape index (κ3) is 10.9. The van der Waals surface area contributed by atoms with Gasteiger partial charge in [0.1, 0.15) is 24.1 Å². The lowest BCUT2D eigenvalue weighted by molar-refractivity contribution is -0.255. The number of carbonyl (C=O) groups is 1. The zero-order chi connectivity index (χ0) is 42.4. The number of unbranched alkanes of at least 4 members (excludes halogenated alkanes) is 2.